The molecule has 0 radical (unpaired) electrons. The van der Waals surface area contributed by atoms with E-state index in [1.165, 1.54) is 12.1 Å². The Balaban J connectivity index is 1.44. The average molecular weight is 681 g/mol. The van der Waals surface area contributed by atoms with Gasteiger partial charge in [-0.15, -0.1) is 0 Å². The third-order valence-corrected chi connectivity index (χ3v) is 10.9. The standard InChI is InChI=1S/C42H32O9/c43-23-7-1-19(2-8-23)33-35(22-13-26(46)15-27(47)14-22)38-31(50)18-32-39-37(42(51-32)21-5-11-25(45)12-6-21)29-16-28(48)17-30(49)36(29)34(40(33)41(38)39)20-3-9-24(44)10-4-20/h1-18,33-35,37,40,42-50H/t33-,34-,35-,37-,40+,42+/m1/s1. The van der Waals surface area contributed by atoms with E-state index in [0.29, 0.717) is 28.0 Å². The molecule has 3 aliphatic rings. The Hall–Kier alpha value is -6.48. The molecule has 6 aromatic rings. The molecule has 0 saturated carbocycles. The normalized spacial score (nSPS) is 22.5. The summed E-state index contributed by atoms with van der Waals surface area (Å²) >= 11 is 0. The van der Waals surface area contributed by atoms with Crippen LogP contribution in [-0.4, -0.2) is 40.9 Å². The van der Waals surface area contributed by atoms with Crippen molar-refractivity contribution in [1.29, 1.82) is 0 Å². The molecule has 0 spiro atoms. The Bertz CT molecular complexity index is 2330. The zero-order valence-electron chi connectivity index (χ0n) is 26.8. The van der Waals surface area contributed by atoms with E-state index < -0.39 is 35.7 Å². The molecule has 1 aliphatic heterocycles. The molecule has 6 aromatic carbocycles. The first kappa shape index (κ1) is 30.6. The summed E-state index contributed by atoms with van der Waals surface area (Å²) < 4.78 is 6.70. The first-order chi connectivity index (χ1) is 24.6. The lowest BCUT2D eigenvalue weighted by Crippen LogP contribution is -2.20. The van der Waals surface area contributed by atoms with E-state index in [4.69, 9.17) is 4.74 Å². The maximum absolute atomic E-state index is 12.1. The van der Waals surface area contributed by atoms with Crippen LogP contribution >= 0.6 is 0 Å². The highest BCUT2D eigenvalue weighted by Gasteiger charge is 2.56. The van der Waals surface area contributed by atoms with Crippen LogP contribution in [0, 0.1) is 0 Å². The Morgan fingerprint density at radius 3 is 1.47 bits per heavy atom. The van der Waals surface area contributed by atoms with Crippen LogP contribution in [0.3, 0.4) is 0 Å². The van der Waals surface area contributed by atoms with Crippen LogP contribution in [0.15, 0.2) is 109 Å². The minimum absolute atomic E-state index is 0.0537. The van der Waals surface area contributed by atoms with Gasteiger partial charge < -0.3 is 45.6 Å². The number of rotatable bonds is 4. The van der Waals surface area contributed by atoms with Crippen molar-refractivity contribution < 1.29 is 45.6 Å². The predicted octanol–water partition coefficient (Wildman–Crippen LogP) is 7.76. The highest BCUT2D eigenvalue weighted by atomic mass is 16.5. The molecule has 0 aromatic heterocycles. The van der Waals surface area contributed by atoms with Crippen LogP contribution in [0.1, 0.15) is 85.8 Å². The van der Waals surface area contributed by atoms with Gasteiger partial charge in [0.05, 0.1) is 5.92 Å². The van der Waals surface area contributed by atoms with Crippen molar-refractivity contribution in [2.75, 3.05) is 0 Å². The number of benzene rings is 6. The highest BCUT2D eigenvalue weighted by molar-refractivity contribution is 5.72. The smallest absolute Gasteiger partial charge is 0.135 e. The van der Waals surface area contributed by atoms with E-state index in [1.54, 1.807) is 84.9 Å². The Kier molecular flexibility index (Phi) is 6.60. The Morgan fingerprint density at radius 2 is 0.863 bits per heavy atom. The van der Waals surface area contributed by atoms with E-state index in [9.17, 15) is 40.9 Å². The number of phenolic OH excluding ortho intramolecular Hbond substituents is 8. The summed E-state index contributed by atoms with van der Waals surface area (Å²) in [5, 5.41) is 87.5. The first-order valence-corrected chi connectivity index (χ1v) is 16.6. The molecular weight excluding hydrogens is 648 g/mol. The van der Waals surface area contributed by atoms with Crippen LogP contribution in [0.5, 0.6) is 51.7 Å². The average Bonchev–Trinajstić information content (AvgIpc) is 3.60. The molecule has 2 aliphatic carbocycles. The van der Waals surface area contributed by atoms with Gasteiger partial charge >= 0.3 is 0 Å². The van der Waals surface area contributed by atoms with Gasteiger partial charge in [0, 0.05) is 58.6 Å². The fourth-order valence-corrected chi connectivity index (χ4v) is 9.08. The fourth-order valence-electron chi connectivity index (χ4n) is 9.08. The number of ether oxygens (including phenoxy) is 1. The van der Waals surface area contributed by atoms with Crippen molar-refractivity contribution in [2.45, 2.75) is 35.7 Å². The van der Waals surface area contributed by atoms with Gasteiger partial charge in [-0.05, 0) is 88.0 Å². The summed E-state index contributed by atoms with van der Waals surface area (Å²) in [5.41, 5.74) is 6.00. The van der Waals surface area contributed by atoms with Gasteiger partial charge in [-0.3, -0.25) is 0 Å². The summed E-state index contributed by atoms with van der Waals surface area (Å²) in [7, 11) is 0. The lowest BCUT2D eigenvalue weighted by atomic mass is 9.69. The summed E-state index contributed by atoms with van der Waals surface area (Å²) in [4.78, 5) is 0. The number of phenols is 8. The molecule has 51 heavy (non-hydrogen) atoms. The summed E-state index contributed by atoms with van der Waals surface area (Å²) in [6.07, 6.45) is -0.693. The van der Waals surface area contributed by atoms with Crippen molar-refractivity contribution in [3.8, 4) is 51.7 Å². The lowest BCUT2D eigenvalue weighted by molar-refractivity contribution is 0.221. The van der Waals surface area contributed by atoms with Crippen LogP contribution in [0.25, 0.3) is 0 Å². The van der Waals surface area contributed by atoms with Crippen LogP contribution in [0.2, 0.25) is 0 Å². The van der Waals surface area contributed by atoms with Gasteiger partial charge in [0.2, 0.25) is 0 Å². The first-order valence-electron chi connectivity index (χ1n) is 16.6. The van der Waals surface area contributed by atoms with E-state index in [0.717, 1.165) is 27.8 Å². The van der Waals surface area contributed by atoms with Gasteiger partial charge in [0.15, 0.2) is 0 Å². The Morgan fingerprint density at radius 1 is 0.353 bits per heavy atom. The molecule has 9 nitrogen and oxygen atoms in total. The molecule has 0 fully saturated rings. The molecule has 0 amide bonds. The molecule has 9 rings (SSSR count). The monoisotopic (exact) mass is 680 g/mol. The van der Waals surface area contributed by atoms with Crippen LogP contribution < -0.4 is 4.74 Å². The van der Waals surface area contributed by atoms with Crippen molar-refractivity contribution in [3.63, 3.8) is 0 Å². The van der Waals surface area contributed by atoms with E-state index >= 15 is 0 Å². The topological polar surface area (TPSA) is 171 Å². The quantitative estimate of drug-likeness (QED) is 0.0927. The van der Waals surface area contributed by atoms with Crippen molar-refractivity contribution >= 4 is 0 Å². The van der Waals surface area contributed by atoms with Gasteiger partial charge in [0.25, 0.3) is 0 Å². The minimum Gasteiger partial charge on any atom is -0.508 e. The molecule has 0 unspecified atom stereocenters. The molecular formula is C42H32O9. The maximum atomic E-state index is 12.1. The van der Waals surface area contributed by atoms with Crippen LogP contribution in [-0.2, 0) is 0 Å². The lowest BCUT2D eigenvalue weighted by Gasteiger charge is -2.34. The van der Waals surface area contributed by atoms with Gasteiger partial charge in [0.1, 0.15) is 57.8 Å². The summed E-state index contributed by atoms with van der Waals surface area (Å²) in [6.45, 7) is 0. The largest absolute Gasteiger partial charge is 0.508 e. The minimum atomic E-state index is -0.693. The molecule has 0 saturated heterocycles. The summed E-state index contributed by atoms with van der Waals surface area (Å²) in [5.74, 6) is -3.02. The van der Waals surface area contributed by atoms with Gasteiger partial charge in [-0.1, -0.05) is 36.4 Å². The molecule has 9 heteroatoms. The second-order valence-electron chi connectivity index (χ2n) is 13.7. The third kappa shape index (κ3) is 4.61. The number of hydrogen-bond acceptors (Lipinski definition) is 9. The van der Waals surface area contributed by atoms with Gasteiger partial charge in [-0.25, -0.2) is 0 Å². The molecule has 8 N–H and O–H groups in total. The maximum Gasteiger partial charge on any atom is 0.135 e. The molecule has 6 atom stereocenters. The van der Waals surface area contributed by atoms with Crippen LogP contribution in [0.4, 0.5) is 0 Å². The molecule has 0 bridgehead atoms. The van der Waals surface area contributed by atoms with Crippen molar-refractivity contribution in [2.24, 2.45) is 0 Å². The third-order valence-electron chi connectivity index (χ3n) is 10.9. The fraction of sp³-hybridized carbons (Fsp3) is 0.143. The zero-order valence-corrected chi connectivity index (χ0v) is 26.8. The Labute approximate surface area is 291 Å². The molecule has 254 valence electrons. The van der Waals surface area contributed by atoms with E-state index in [-0.39, 0.29) is 46.0 Å². The van der Waals surface area contributed by atoms with E-state index in [2.05, 4.69) is 0 Å². The SMILES string of the molecule is Oc1ccc([C@@H]2c3c(O)cc(O)cc3[C@@H]3c4c(cc(O)c5c4[C@H]2[C@H](c2ccc(O)cc2)[C@H]5c2cc(O)cc(O)c2)O[C@H]3c2ccc(O)cc2)cc1. The van der Waals surface area contributed by atoms with Crippen molar-refractivity contribution in [3.05, 3.63) is 159 Å². The van der Waals surface area contributed by atoms with E-state index in [1.807, 2.05) is 12.1 Å². The second-order valence-corrected chi connectivity index (χ2v) is 13.7. The number of hydrogen-bond donors (Lipinski definition) is 8. The number of aromatic hydroxyl groups is 8. The zero-order chi connectivity index (χ0) is 35.3. The predicted molar refractivity (Wildman–Crippen MR) is 186 cm³/mol. The van der Waals surface area contributed by atoms with Crippen molar-refractivity contribution in [1.82, 2.24) is 0 Å². The summed E-state index contributed by atoms with van der Waals surface area (Å²) in [6, 6.07) is 29.1. The van der Waals surface area contributed by atoms with Gasteiger partial charge in [-0.2, -0.15) is 0 Å². The number of fused-ring (bicyclic) bond motifs is 2. The molecule has 1 heterocycles. The highest BCUT2D eigenvalue weighted by Crippen LogP contribution is 2.70. The second kappa shape index (κ2) is 11.0.